The number of nitrogens with zero attached hydrogens (tertiary/aromatic N) is 1. The van der Waals surface area contributed by atoms with Crippen LogP contribution in [0.25, 0.3) is 0 Å². The Morgan fingerprint density at radius 3 is 2.68 bits per heavy atom. The largest absolute Gasteiger partial charge is 0.466 e. The Morgan fingerprint density at radius 1 is 1.27 bits per heavy atom. The third-order valence-corrected chi connectivity index (χ3v) is 8.59. The van der Waals surface area contributed by atoms with Crippen molar-refractivity contribution < 1.29 is 22.7 Å². The number of ether oxygens (including phenoxy) is 1. The van der Waals surface area contributed by atoms with Gasteiger partial charge in [0, 0.05) is 33.1 Å². The molecule has 0 radical (unpaired) electrons. The maximum absolute atomic E-state index is 13.6. The van der Waals surface area contributed by atoms with Crippen molar-refractivity contribution in [3.05, 3.63) is 23.8 Å². The molecule has 1 aromatic rings. The molecule has 208 valence electrons. The van der Waals surface area contributed by atoms with Crippen molar-refractivity contribution in [1.82, 2.24) is 14.9 Å². The normalized spacial score (nSPS) is 18.5. The zero-order valence-corrected chi connectivity index (χ0v) is 23.2. The van der Waals surface area contributed by atoms with Gasteiger partial charge < -0.3 is 26.0 Å². The van der Waals surface area contributed by atoms with E-state index < -0.39 is 16.1 Å². The van der Waals surface area contributed by atoms with Crippen LogP contribution in [0, 0.1) is 11.3 Å². The highest BCUT2D eigenvalue weighted by atomic mass is 32.2. The van der Waals surface area contributed by atoms with Crippen LogP contribution in [0.4, 0.5) is 5.69 Å². The molecule has 2 aliphatic heterocycles. The van der Waals surface area contributed by atoms with Crippen molar-refractivity contribution in [1.29, 1.82) is 0 Å². The second-order valence-electron chi connectivity index (χ2n) is 10.9. The molecule has 1 fully saturated rings. The summed E-state index contributed by atoms with van der Waals surface area (Å²) in [6, 6.07) is 4.36. The van der Waals surface area contributed by atoms with Crippen LogP contribution >= 0.6 is 0 Å². The van der Waals surface area contributed by atoms with Gasteiger partial charge in [0.25, 0.3) is 0 Å². The van der Waals surface area contributed by atoms with Crippen molar-refractivity contribution in [2.75, 3.05) is 51.2 Å². The van der Waals surface area contributed by atoms with E-state index in [-0.39, 0.29) is 28.7 Å². The van der Waals surface area contributed by atoms with Crippen molar-refractivity contribution in [2.24, 2.45) is 17.1 Å². The van der Waals surface area contributed by atoms with Crippen LogP contribution < -0.4 is 21.1 Å². The van der Waals surface area contributed by atoms with Crippen LogP contribution in [-0.2, 0) is 30.8 Å². The molecule has 5 N–H and O–H groups in total. The number of piperidine rings is 1. The van der Waals surface area contributed by atoms with Crippen molar-refractivity contribution >= 4 is 27.6 Å². The number of nitrogens with one attached hydrogen (secondary N) is 3. The van der Waals surface area contributed by atoms with Crippen molar-refractivity contribution in [2.45, 2.75) is 63.8 Å². The molecule has 10 nitrogen and oxygen atoms in total. The van der Waals surface area contributed by atoms with Crippen LogP contribution in [0.5, 0.6) is 0 Å². The third-order valence-electron chi connectivity index (χ3n) is 7.07. The van der Waals surface area contributed by atoms with E-state index >= 15 is 0 Å². The number of sulfonamides is 1. The summed E-state index contributed by atoms with van der Waals surface area (Å²) < 4.78 is 34.9. The molecule has 3 rings (SSSR count). The number of para-hydroxylation sites is 1. The lowest BCUT2D eigenvalue weighted by molar-refractivity contribution is -0.141. The lowest BCUT2D eigenvalue weighted by atomic mass is 9.82. The molecule has 0 spiro atoms. The van der Waals surface area contributed by atoms with Crippen LogP contribution in [0.1, 0.15) is 52.0 Å². The number of fused-ring (bicyclic) bond motifs is 1. The molecule has 1 atom stereocenters. The van der Waals surface area contributed by atoms with Crippen LogP contribution in [0.3, 0.4) is 0 Å². The first-order chi connectivity index (χ1) is 17.5. The summed E-state index contributed by atoms with van der Waals surface area (Å²) in [5.74, 6) is -0.156. The maximum atomic E-state index is 13.6. The molecule has 0 aromatic heterocycles. The number of benzene rings is 1. The third kappa shape index (κ3) is 8.39. The lowest BCUT2D eigenvalue weighted by Gasteiger charge is -2.35. The van der Waals surface area contributed by atoms with E-state index in [9.17, 15) is 18.0 Å². The molecule has 0 aliphatic carbocycles. The molecule has 2 aliphatic rings. The Labute approximate surface area is 221 Å². The first-order valence-corrected chi connectivity index (χ1v) is 14.7. The fraction of sp³-hybridized carbons (Fsp3) is 0.692. The van der Waals surface area contributed by atoms with Gasteiger partial charge in [-0.1, -0.05) is 26.0 Å². The van der Waals surface area contributed by atoms with Gasteiger partial charge in [0.05, 0.1) is 12.3 Å². The number of likely N-dealkylation sites (tertiary alicyclic amines) is 1. The Bertz CT molecular complexity index is 1040. The van der Waals surface area contributed by atoms with Gasteiger partial charge >= 0.3 is 5.97 Å². The monoisotopic (exact) mass is 537 g/mol. The standard InChI is InChI=1S/C26H43N5O5S/c1-19(32)36-15-10-20-8-13-31(14-9-20)25(33)22(17-28-12-5-11-27)30-37(34,35)23-7-4-6-21-16-26(2,3)18-29-24(21)23/h4,6-7,20,22,28-30H,5,8-18,27H2,1-3H3. The van der Waals surface area contributed by atoms with E-state index in [0.717, 1.165) is 37.7 Å². The fourth-order valence-electron chi connectivity index (χ4n) is 4.99. The number of amides is 1. The summed E-state index contributed by atoms with van der Waals surface area (Å²) in [6.45, 7) is 9.10. The Kier molecular flexibility index (Phi) is 10.3. The van der Waals surface area contributed by atoms with Gasteiger partial charge in [-0.3, -0.25) is 9.59 Å². The summed E-state index contributed by atoms with van der Waals surface area (Å²) in [5, 5.41) is 6.49. The number of anilines is 1. The molecule has 1 amide bonds. The predicted molar refractivity (Wildman–Crippen MR) is 144 cm³/mol. The zero-order valence-electron chi connectivity index (χ0n) is 22.3. The summed E-state index contributed by atoms with van der Waals surface area (Å²) in [6.07, 6.45) is 3.85. The van der Waals surface area contributed by atoms with Gasteiger partial charge in [0.2, 0.25) is 15.9 Å². The molecule has 1 unspecified atom stereocenters. The number of hydrogen-bond donors (Lipinski definition) is 4. The van der Waals surface area contributed by atoms with E-state index in [1.54, 1.807) is 17.0 Å². The first kappa shape index (κ1) is 29.3. The first-order valence-electron chi connectivity index (χ1n) is 13.2. The molecule has 0 saturated carbocycles. The minimum atomic E-state index is -3.97. The molecule has 1 saturated heterocycles. The summed E-state index contributed by atoms with van der Waals surface area (Å²) in [4.78, 5) is 26.4. The highest BCUT2D eigenvalue weighted by Gasteiger charge is 2.34. The second kappa shape index (κ2) is 13.0. The van der Waals surface area contributed by atoms with Gasteiger partial charge in [0.15, 0.2) is 0 Å². The number of carbonyl (C=O) groups excluding carboxylic acids is 2. The van der Waals surface area contributed by atoms with Crippen molar-refractivity contribution in [3.8, 4) is 0 Å². The lowest BCUT2D eigenvalue weighted by Crippen LogP contribution is -2.54. The molecular formula is C26H43N5O5S. The molecule has 11 heteroatoms. The number of rotatable bonds is 12. The molecule has 2 heterocycles. The predicted octanol–water partition coefficient (Wildman–Crippen LogP) is 1.46. The summed E-state index contributed by atoms with van der Waals surface area (Å²) in [5.41, 5.74) is 7.19. The summed E-state index contributed by atoms with van der Waals surface area (Å²) in [7, 11) is -3.97. The average molecular weight is 538 g/mol. The Balaban J connectivity index is 1.70. The minimum Gasteiger partial charge on any atom is -0.466 e. The Morgan fingerprint density at radius 2 is 2.00 bits per heavy atom. The van der Waals surface area contributed by atoms with E-state index in [4.69, 9.17) is 10.5 Å². The summed E-state index contributed by atoms with van der Waals surface area (Å²) >= 11 is 0. The number of esters is 1. The maximum Gasteiger partial charge on any atom is 0.302 e. The molecule has 0 bridgehead atoms. The topological polar surface area (TPSA) is 143 Å². The van der Waals surface area contributed by atoms with Gasteiger partial charge in [-0.25, -0.2) is 8.42 Å². The zero-order chi connectivity index (χ0) is 27.1. The average Bonchev–Trinajstić information content (AvgIpc) is 2.84. The van der Waals surface area contributed by atoms with Crippen LogP contribution in [-0.4, -0.2) is 77.1 Å². The van der Waals surface area contributed by atoms with Gasteiger partial charge in [-0.15, -0.1) is 0 Å². The fourth-order valence-corrected chi connectivity index (χ4v) is 6.40. The molecular weight excluding hydrogens is 494 g/mol. The molecule has 1 aromatic carbocycles. The van der Waals surface area contributed by atoms with E-state index in [2.05, 4.69) is 29.2 Å². The van der Waals surface area contributed by atoms with E-state index in [1.807, 2.05) is 6.07 Å². The minimum absolute atomic E-state index is 0.0263. The van der Waals surface area contributed by atoms with E-state index in [1.165, 1.54) is 6.92 Å². The van der Waals surface area contributed by atoms with E-state index in [0.29, 0.717) is 50.9 Å². The number of carbonyl (C=O) groups is 2. The number of nitrogens with two attached hydrogens (primary N) is 1. The smallest absolute Gasteiger partial charge is 0.302 e. The SMILES string of the molecule is CC(=O)OCCC1CCN(C(=O)C(CNCCCN)NS(=O)(=O)c2cccc3c2NCC(C)(C)C3)CC1. The van der Waals surface area contributed by atoms with Gasteiger partial charge in [0.1, 0.15) is 10.9 Å². The highest BCUT2D eigenvalue weighted by molar-refractivity contribution is 7.89. The highest BCUT2D eigenvalue weighted by Crippen LogP contribution is 2.36. The number of hydrogen-bond acceptors (Lipinski definition) is 8. The van der Waals surface area contributed by atoms with Crippen LogP contribution in [0.15, 0.2) is 23.1 Å². The quantitative estimate of drug-likeness (QED) is 0.232. The second-order valence-corrected chi connectivity index (χ2v) is 12.6. The Hall–Kier alpha value is -2.21. The van der Waals surface area contributed by atoms with Crippen molar-refractivity contribution in [3.63, 3.8) is 0 Å². The molecule has 37 heavy (non-hydrogen) atoms. The van der Waals surface area contributed by atoms with Gasteiger partial charge in [-0.2, -0.15) is 4.72 Å². The van der Waals surface area contributed by atoms with Gasteiger partial charge in [-0.05, 0) is 68.2 Å². The van der Waals surface area contributed by atoms with Crippen LogP contribution in [0.2, 0.25) is 0 Å².